The molecule has 1 aromatic heterocycles. The maximum Gasteiger partial charge on any atom is 0.243 e. The van der Waals surface area contributed by atoms with E-state index >= 15 is 0 Å². The Kier molecular flexibility index (Phi) is 5.65. The molecule has 0 bridgehead atoms. The molecule has 4 nitrogen and oxygen atoms in total. The average Bonchev–Trinajstić information content (AvgIpc) is 2.93. The second kappa shape index (κ2) is 7.27. The Labute approximate surface area is 134 Å². The van der Waals surface area contributed by atoms with E-state index in [1.807, 2.05) is 26.0 Å². The minimum atomic E-state index is -0.330. The van der Waals surface area contributed by atoms with Crippen molar-refractivity contribution in [1.29, 1.82) is 0 Å². The molecular formula is C15H21ClN2O2S. The molecule has 2 rings (SSSR count). The second-order valence-corrected chi connectivity index (χ2v) is 7.07. The predicted molar refractivity (Wildman–Crippen MR) is 85.5 cm³/mol. The first-order valence-corrected chi connectivity index (χ1v) is 8.57. The minimum Gasteiger partial charge on any atom is -0.347 e. The van der Waals surface area contributed by atoms with Gasteiger partial charge in [0.05, 0.1) is 10.4 Å². The summed E-state index contributed by atoms with van der Waals surface area (Å²) in [4.78, 5) is 27.2. The lowest BCUT2D eigenvalue weighted by Crippen LogP contribution is -2.52. The van der Waals surface area contributed by atoms with E-state index in [-0.39, 0.29) is 23.9 Å². The van der Waals surface area contributed by atoms with Crippen molar-refractivity contribution in [2.75, 3.05) is 6.54 Å². The number of nitrogens with one attached hydrogen (secondary N) is 1. The number of hydrogen-bond donors (Lipinski definition) is 1. The van der Waals surface area contributed by atoms with Crippen molar-refractivity contribution in [3.63, 3.8) is 0 Å². The third-order valence-electron chi connectivity index (χ3n) is 3.81. The summed E-state index contributed by atoms with van der Waals surface area (Å²) in [7, 11) is 0. The molecule has 0 aromatic carbocycles. The van der Waals surface area contributed by atoms with Gasteiger partial charge in [-0.1, -0.05) is 18.5 Å². The topological polar surface area (TPSA) is 49.4 Å². The van der Waals surface area contributed by atoms with E-state index in [1.54, 1.807) is 4.90 Å². The number of amides is 2. The molecule has 0 saturated carbocycles. The maximum absolute atomic E-state index is 12.5. The lowest BCUT2D eigenvalue weighted by Gasteiger charge is -2.35. The summed E-state index contributed by atoms with van der Waals surface area (Å²) in [5, 5.41) is 3.01. The fourth-order valence-electron chi connectivity index (χ4n) is 2.65. The number of nitrogens with zero attached hydrogens (tertiary/aromatic N) is 1. The molecule has 1 N–H and O–H groups in total. The van der Waals surface area contributed by atoms with Crippen molar-refractivity contribution in [3.05, 3.63) is 21.3 Å². The molecule has 1 saturated heterocycles. The Morgan fingerprint density at radius 2 is 2.24 bits per heavy atom. The highest BCUT2D eigenvalue weighted by Crippen LogP contribution is 2.27. The Bertz CT molecular complexity index is 518. The van der Waals surface area contributed by atoms with E-state index in [9.17, 15) is 9.59 Å². The van der Waals surface area contributed by atoms with Crippen LogP contribution in [0.4, 0.5) is 0 Å². The summed E-state index contributed by atoms with van der Waals surface area (Å²) in [5.74, 6) is -0.00445. The fourth-order valence-corrected chi connectivity index (χ4v) is 3.71. The van der Waals surface area contributed by atoms with Gasteiger partial charge in [0.25, 0.3) is 0 Å². The van der Waals surface area contributed by atoms with Crippen LogP contribution in [0.15, 0.2) is 12.1 Å². The Morgan fingerprint density at radius 3 is 2.86 bits per heavy atom. The van der Waals surface area contributed by atoms with Crippen LogP contribution in [-0.4, -0.2) is 29.3 Å². The highest BCUT2D eigenvalue weighted by molar-refractivity contribution is 7.16. The van der Waals surface area contributed by atoms with Gasteiger partial charge in [-0.15, -0.1) is 11.3 Å². The van der Waals surface area contributed by atoms with Gasteiger partial charge in [0.1, 0.15) is 6.04 Å². The lowest BCUT2D eigenvalue weighted by molar-refractivity contribution is -0.142. The van der Waals surface area contributed by atoms with Crippen LogP contribution in [-0.2, 0) is 9.59 Å². The van der Waals surface area contributed by atoms with Gasteiger partial charge < -0.3 is 10.2 Å². The number of rotatable bonds is 4. The highest BCUT2D eigenvalue weighted by Gasteiger charge is 2.31. The summed E-state index contributed by atoms with van der Waals surface area (Å²) in [5.41, 5.74) is 0. The largest absolute Gasteiger partial charge is 0.347 e. The Balaban J connectivity index is 2.02. The molecule has 1 aromatic rings. The van der Waals surface area contributed by atoms with Gasteiger partial charge in [0.2, 0.25) is 11.8 Å². The Morgan fingerprint density at radius 1 is 1.48 bits per heavy atom. The Hall–Kier alpha value is -1.07. The van der Waals surface area contributed by atoms with Gasteiger partial charge >= 0.3 is 0 Å². The molecule has 1 aliphatic heterocycles. The minimum absolute atomic E-state index is 0.0571. The molecule has 6 heteroatoms. The van der Waals surface area contributed by atoms with E-state index in [0.717, 1.165) is 24.1 Å². The number of hydrogen-bond acceptors (Lipinski definition) is 3. The van der Waals surface area contributed by atoms with E-state index in [0.29, 0.717) is 17.3 Å². The summed E-state index contributed by atoms with van der Waals surface area (Å²) < 4.78 is 0.714. The van der Waals surface area contributed by atoms with Crippen molar-refractivity contribution < 1.29 is 9.59 Å². The summed E-state index contributed by atoms with van der Waals surface area (Å²) in [6.45, 7) is 4.46. The van der Waals surface area contributed by atoms with Crippen LogP contribution in [0.25, 0.3) is 0 Å². The van der Waals surface area contributed by atoms with Crippen LogP contribution in [0.1, 0.15) is 50.4 Å². The zero-order valence-electron chi connectivity index (χ0n) is 12.4. The molecule has 0 unspecified atom stereocenters. The third-order valence-corrected chi connectivity index (χ3v) is 5.22. The number of likely N-dealkylation sites (tertiary alicyclic amines) is 1. The van der Waals surface area contributed by atoms with Crippen LogP contribution in [0.3, 0.4) is 0 Å². The molecule has 0 aliphatic carbocycles. The van der Waals surface area contributed by atoms with Crippen molar-refractivity contribution >= 4 is 34.8 Å². The molecule has 0 radical (unpaired) electrons. The zero-order valence-corrected chi connectivity index (χ0v) is 14.0. The van der Waals surface area contributed by atoms with Crippen molar-refractivity contribution in [2.24, 2.45) is 0 Å². The average molecular weight is 329 g/mol. The maximum atomic E-state index is 12.5. The highest BCUT2D eigenvalue weighted by atomic mass is 35.5. The van der Waals surface area contributed by atoms with Crippen molar-refractivity contribution in [1.82, 2.24) is 10.2 Å². The van der Waals surface area contributed by atoms with Gasteiger partial charge in [0, 0.05) is 17.8 Å². The quantitative estimate of drug-likeness (QED) is 0.921. The lowest BCUT2D eigenvalue weighted by atomic mass is 10.0. The summed E-state index contributed by atoms with van der Waals surface area (Å²) >= 11 is 7.39. The number of carbonyl (C=O) groups is 2. The molecular weight excluding hydrogens is 308 g/mol. The van der Waals surface area contributed by atoms with Crippen LogP contribution >= 0.6 is 22.9 Å². The molecule has 2 heterocycles. The second-order valence-electron chi connectivity index (χ2n) is 5.32. The predicted octanol–water partition coefficient (Wildman–Crippen LogP) is 3.37. The molecule has 1 fully saturated rings. The van der Waals surface area contributed by atoms with E-state index in [1.165, 1.54) is 11.3 Å². The smallest absolute Gasteiger partial charge is 0.243 e. The number of piperidine rings is 1. The van der Waals surface area contributed by atoms with Crippen molar-refractivity contribution in [2.45, 2.75) is 51.6 Å². The number of halogens is 1. The van der Waals surface area contributed by atoms with Crippen LogP contribution < -0.4 is 5.32 Å². The molecule has 116 valence electrons. The van der Waals surface area contributed by atoms with E-state index < -0.39 is 0 Å². The third kappa shape index (κ3) is 3.98. The molecule has 1 aliphatic rings. The summed E-state index contributed by atoms with van der Waals surface area (Å²) in [6, 6.07) is 3.34. The first kappa shape index (κ1) is 16.3. The van der Waals surface area contributed by atoms with Crippen molar-refractivity contribution in [3.8, 4) is 0 Å². The SMILES string of the molecule is CCC(=O)N1CCCC[C@H]1C(=O)N[C@@H](C)c1ccc(Cl)s1. The summed E-state index contributed by atoms with van der Waals surface area (Å²) in [6.07, 6.45) is 3.16. The first-order valence-electron chi connectivity index (χ1n) is 7.38. The number of thiophene rings is 1. The number of carbonyl (C=O) groups excluding carboxylic acids is 2. The van der Waals surface area contributed by atoms with Gasteiger partial charge in [-0.05, 0) is 38.3 Å². The first-order chi connectivity index (χ1) is 10.0. The fraction of sp³-hybridized carbons (Fsp3) is 0.600. The van der Waals surface area contributed by atoms with Gasteiger partial charge in [-0.25, -0.2) is 0 Å². The molecule has 0 spiro atoms. The van der Waals surface area contributed by atoms with Gasteiger partial charge in [0.15, 0.2) is 0 Å². The standard InChI is InChI=1S/C15H21ClN2O2S/c1-3-14(19)18-9-5-4-6-11(18)15(20)17-10(2)12-7-8-13(16)21-12/h7-8,10-11H,3-6,9H2,1-2H3,(H,17,20)/t10-,11-/m0/s1. The van der Waals surface area contributed by atoms with Crippen LogP contribution in [0.5, 0.6) is 0 Å². The molecule has 2 amide bonds. The van der Waals surface area contributed by atoms with Crippen LogP contribution in [0, 0.1) is 0 Å². The zero-order chi connectivity index (χ0) is 15.4. The van der Waals surface area contributed by atoms with E-state index in [2.05, 4.69) is 5.32 Å². The van der Waals surface area contributed by atoms with Crippen LogP contribution in [0.2, 0.25) is 4.34 Å². The van der Waals surface area contributed by atoms with Gasteiger partial charge in [-0.3, -0.25) is 9.59 Å². The van der Waals surface area contributed by atoms with E-state index in [4.69, 9.17) is 11.6 Å². The molecule has 2 atom stereocenters. The monoisotopic (exact) mass is 328 g/mol. The normalized spacial score (nSPS) is 20.1. The van der Waals surface area contributed by atoms with Gasteiger partial charge in [-0.2, -0.15) is 0 Å². The molecule has 21 heavy (non-hydrogen) atoms.